The van der Waals surface area contributed by atoms with Gasteiger partial charge in [-0.15, -0.1) is 0 Å². The molecule has 11 heteroatoms. The fourth-order valence-corrected chi connectivity index (χ4v) is 5.85. The molecular weight excluding hydrogens is 609 g/mol. The molecule has 0 bridgehead atoms. The maximum absolute atomic E-state index is 13.4. The highest BCUT2D eigenvalue weighted by molar-refractivity contribution is 5.92. The molecule has 0 saturated heterocycles. The first-order chi connectivity index (χ1) is 23.5. The second-order valence-corrected chi connectivity index (χ2v) is 11.9. The topological polar surface area (TPSA) is 125 Å². The second kappa shape index (κ2) is 16.1. The van der Waals surface area contributed by atoms with E-state index in [2.05, 4.69) is 32.7 Å². The van der Waals surface area contributed by atoms with E-state index >= 15 is 0 Å². The van der Waals surface area contributed by atoms with Gasteiger partial charge in [0.05, 0.1) is 5.52 Å². The van der Waals surface area contributed by atoms with Crippen molar-refractivity contribution >= 4 is 28.5 Å². The summed E-state index contributed by atoms with van der Waals surface area (Å²) >= 11 is 0. The monoisotopic (exact) mass is 649 g/mol. The van der Waals surface area contributed by atoms with E-state index in [0.717, 1.165) is 67.7 Å². The highest BCUT2D eigenvalue weighted by Crippen LogP contribution is 2.26. The van der Waals surface area contributed by atoms with Crippen molar-refractivity contribution in [1.82, 2.24) is 24.8 Å². The molecule has 0 amide bonds. The smallest absolute Gasteiger partial charge is 0.326 e. The van der Waals surface area contributed by atoms with Gasteiger partial charge in [0.1, 0.15) is 35.9 Å². The van der Waals surface area contributed by atoms with Gasteiger partial charge < -0.3 is 20.5 Å². The number of fused-ring (bicyclic) bond motifs is 2. The lowest BCUT2D eigenvalue weighted by molar-refractivity contribution is -0.138. The molecule has 0 unspecified atom stereocenters. The van der Waals surface area contributed by atoms with Crippen molar-refractivity contribution in [3.8, 4) is 17.1 Å². The maximum atomic E-state index is 13.4. The van der Waals surface area contributed by atoms with Crippen LogP contribution in [0.1, 0.15) is 36.9 Å². The molecule has 48 heavy (non-hydrogen) atoms. The van der Waals surface area contributed by atoms with Crippen LogP contribution in [0.15, 0.2) is 85.2 Å². The summed E-state index contributed by atoms with van der Waals surface area (Å²) in [6.07, 6.45) is 8.64. The van der Waals surface area contributed by atoms with E-state index in [1.54, 1.807) is 24.5 Å². The number of aliphatic carboxylic acids is 1. The molecule has 2 aromatic carbocycles. The number of anilines is 2. The molecule has 0 fully saturated rings. The number of hydrogen-bond acceptors (Lipinski definition) is 9. The summed E-state index contributed by atoms with van der Waals surface area (Å²) in [5.74, 6) is 1.25. The molecule has 0 saturated carbocycles. The summed E-state index contributed by atoms with van der Waals surface area (Å²) in [4.78, 5) is 33.2. The third-order valence-electron chi connectivity index (χ3n) is 8.46. The van der Waals surface area contributed by atoms with Crippen LogP contribution >= 0.6 is 0 Å². The van der Waals surface area contributed by atoms with E-state index in [1.165, 1.54) is 17.7 Å². The van der Waals surface area contributed by atoms with Crippen molar-refractivity contribution in [2.45, 2.75) is 44.6 Å². The van der Waals surface area contributed by atoms with Crippen LogP contribution < -0.4 is 15.4 Å². The Morgan fingerprint density at radius 1 is 0.979 bits per heavy atom. The number of ether oxygens (including phenoxy) is 1. The zero-order chi connectivity index (χ0) is 33.1. The Hall–Kier alpha value is -5.16. The first-order valence-corrected chi connectivity index (χ1v) is 16.5. The first kappa shape index (κ1) is 32.8. The van der Waals surface area contributed by atoms with Gasteiger partial charge in [-0.3, -0.25) is 9.88 Å². The standard InChI is InChI=1S/C37H40FN7O3/c38-28-13-16-30(17-14-28)48-24-23-45(21-4-3-9-29-15-12-26-7-6-20-40-34(26)41-29)22-18-33(37(46)47)43-36-31-10-1-2-11-32(31)42-35(44-36)27-8-5-19-39-25-27/h1-2,5,8,10-17,19,25,33H,3-4,6-7,9,18,20-24H2,(H,40,41)(H,46,47)(H,42,43,44)/t33-/m0/s1. The molecular formula is C37H40FN7O3. The number of hydrogen-bond donors (Lipinski definition) is 3. The van der Waals surface area contributed by atoms with Crippen LogP contribution in [0.5, 0.6) is 5.75 Å². The van der Waals surface area contributed by atoms with Crippen molar-refractivity contribution in [3.05, 3.63) is 102 Å². The maximum Gasteiger partial charge on any atom is 0.326 e. The van der Waals surface area contributed by atoms with Gasteiger partial charge in [-0.05, 0) is 105 Å². The summed E-state index contributed by atoms with van der Waals surface area (Å²) in [6, 6.07) is 20.6. The Labute approximate surface area is 279 Å². The SMILES string of the molecule is O=C(O)[C@H](CCN(CCCCc1ccc2c(n1)NCCC2)CCOc1ccc(F)cc1)Nc1nc(-c2cccnc2)nc2ccccc12. The summed E-state index contributed by atoms with van der Waals surface area (Å²) in [5, 5.41) is 17.6. The number of carboxylic acids is 1. The minimum atomic E-state index is -0.963. The van der Waals surface area contributed by atoms with Crippen LogP contribution in [0, 0.1) is 5.82 Å². The Bertz CT molecular complexity index is 1810. The molecule has 3 aromatic heterocycles. The molecule has 4 heterocycles. The Morgan fingerprint density at radius 2 is 1.85 bits per heavy atom. The Kier molecular flexibility index (Phi) is 11.0. The third-order valence-corrected chi connectivity index (χ3v) is 8.46. The lowest BCUT2D eigenvalue weighted by atomic mass is 10.1. The van der Waals surface area contributed by atoms with Gasteiger partial charge in [0, 0.05) is 48.7 Å². The lowest BCUT2D eigenvalue weighted by Crippen LogP contribution is -2.37. The number of carboxylic acid groups (broad SMARTS) is 1. The number of carbonyl (C=O) groups is 1. The van der Waals surface area contributed by atoms with Crippen molar-refractivity contribution < 1.29 is 19.0 Å². The molecule has 0 radical (unpaired) electrons. The second-order valence-electron chi connectivity index (χ2n) is 11.9. The van der Waals surface area contributed by atoms with Gasteiger partial charge in [-0.1, -0.05) is 18.2 Å². The molecule has 5 aromatic rings. The van der Waals surface area contributed by atoms with E-state index in [9.17, 15) is 14.3 Å². The minimum absolute atomic E-state index is 0.315. The molecule has 10 nitrogen and oxygen atoms in total. The van der Waals surface area contributed by atoms with Gasteiger partial charge in [-0.2, -0.15) is 0 Å². The fourth-order valence-electron chi connectivity index (χ4n) is 5.85. The zero-order valence-corrected chi connectivity index (χ0v) is 26.8. The number of benzene rings is 2. The van der Waals surface area contributed by atoms with Crippen LogP contribution in [0.25, 0.3) is 22.3 Å². The molecule has 3 N–H and O–H groups in total. The number of para-hydroxylation sites is 1. The van der Waals surface area contributed by atoms with Gasteiger partial charge in [0.25, 0.3) is 0 Å². The van der Waals surface area contributed by atoms with Crippen LogP contribution in [0.3, 0.4) is 0 Å². The van der Waals surface area contributed by atoms with Crippen LogP contribution in [-0.2, 0) is 17.6 Å². The highest BCUT2D eigenvalue weighted by atomic mass is 19.1. The number of nitrogens with one attached hydrogen (secondary N) is 2. The van der Waals surface area contributed by atoms with Gasteiger partial charge in [0.2, 0.25) is 0 Å². The highest BCUT2D eigenvalue weighted by Gasteiger charge is 2.22. The minimum Gasteiger partial charge on any atom is -0.492 e. The average molecular weight is 650 g/mol. The normalized spacial score (nSPS) is 13.1. The molecule has 0 spiro atoms. The molecule has 0 aliphatic carbocycles. The number of aromatic nitrogens is 4. The van der Waals surface area contributed by atoms with Crippen LogP contribution in [0.2, 0.25) is 0 Å². The summed E-state index contributed by atoms with van der Waals surface area (Å²) in [5.41, 5.74) is 3.81. The molecule has 1 atom stereocenters. The van der Waals surface area contributed by atoms with E-state index in [-0.39, 0.29) is 5.82 Å². The Balaban J connectivity index is 1.11. The van der Waals surface area contributed by atoms with Gasteiger partial charge >= 0.3 is 5.97 Å². The number of aryl methyl sites for hydroxylation is 2. The Morgan fingerprint density at radius 3 is 2.69 bits per heavy atom. The van der Waals surface area contributed by atoms with Crippen molar-refractivity contribution in [1.29, 1.82) is 0 Å². The van der Waals surface area contributed by atoms with Gasteiger partial charge in [0.15, 0.2) is 5.82 Å². The summed E-state index contributed by atoms with van der Waals surface area (Å²) < 4.78 is 19.3. The summed E-state index contributed by atoms with van der Waals surface area (Å²) in [7, 11) is 0. The molecule has 1 aliphatic heterocycles. The van der Waals surface area contributed by atoms with E-state index < -0.39 is 12.0 Å². The first-order valence-electron chi connectivity index (χ1n) is 16.5. The van der Waals surface area contributed by atoms with E-state index in [0.29, 0.717) is 49.0 Å². The molecule has 1 aliphatic rings. The van der Waals surface area contributed by atoms with E-state index in [1.807, 2.05) is 36.4 Å². The van der Waals surface area contributed by atoms with Crippen molar-refractivity contribution in [2.24, 2.45) is 0 Å². The quantitative estimate of drug-likeness (QED) is 0.106. The zero-order valence-electron chi connectivity index (χ0n) is 26.8. The number of rotatable bonds is 16. The number of unbranched alkanes of at least 4 members (excludes halogenated alkanes) is 1. The fraction of sp³-hybridized carbons (Fsp3) is 0.324. The van der Waals surface area contributed by atoms with Crippen molar-refractivity contribution in [3.63, 3.8) is 0 Å². The predicted molar refractivity (Wildman–Crippen MR) is 185 cm³/mol. The number of pyridine rings is 2. The molecule has 6 rings (SSSR count). The van der Waals surface area contributed by atoms with Gasteiger partial charge in [-0.25, -0.2) is 24.1 Å². The number of nitrogens with zero attached hydrogens (tertiary/aromatic N) is 5. The average Bonchev–Trinajstić information content (AvgIpc) is 3.12. The lowest BCUT2D eigenvalue weighted by Gasteiger charge is -2.25. The van der Waals surface area contributed by atoms with E-state index in [4.69, 9.17) is 19.7 Å². The largest absolute Gasteiger partial charge is 0.492 e. The molecule has 248 valence electrons. The van der Waals surface area contributed by atoms with Crippen LogP contribution in [0.4, 0.5) is 16.0 Å². The van der Waals surface area contributed by atoms with Crippen molar-refractivity contribution in [2.75, 3.05) is 43.4 Å². The third kappa shape index (κ3) is 8.80. The number of halogens is 1. The van der Waals surface area contributed by atoms with Crippen LogP contribution in [-0.4, -0.2) is 74.7 Å². The summed E-state index contributed by atoms with van der Waals surface area (Å²) in [6.45, 7) is 3.23. The predicted octanol–water partition coefficient (Wildman–Crippen LogP) is 6.24.